The number of anilines is 3. The zero-order valence-corrected chi connectivity index (χ0v) is 25.4. The van der Waals surface area contributed by atoms with E-state index in [1.54, 1.807) is 7.05 Å². The van der Waals surface area contributed by atoms with E-state index in [1.807, 2.05) is 13.8 Å². The number of sulfone groups is 1. The van der Waals surface area contributed by atoms with Crippen LogP contribution in [0.5, 0.6) is 5.75 Å². The van der Waals surface area contributed by atoms with Crippen molar-refractivity contribution in [2.75, 3.05) is 37.8 Å². The molecule has 2 aromatic rings. The molecule has 0 atom stereocenters. The maximum atomic E-state index is 12.9. The van der Waals surface area contributed by atoms with E-state index >= 15 is 0 Å². The summed E-state index contributed by atoms with van der Waals surface area (Å²) >= 11 is 6.39. The molecule has 1 saturated carbocycles. The molecule has 4 rings (SSSR count). The van der Waals surface area contributed by atoms with Crippen molar-refractivity contribution >= 4 is 43.9 Å². The Kier molecular flexibility index (Phi) is 9.58. The molecule has 0 radical (unpaired) electrons. The van der Waals surface area contributed by atoms with Crippen molar-refractivity contribution < 1.29 is 13.2 Å². The monoisotopic (exact) mass is 589 g/mol. The lowest BCUT2D eigenvalue weighted by Gasteiger charge is -2.30. The van der Waals surface area contributed by atoms with Gasteiger partial charge in [-0.3, -0.25) is 5.41 Å². The molecule has 2 aliphatic rings. The molecular weight excluding hydrogens is 550 g/mol. The maximum absolute atomic E-state index is 12.9. The third-order valence-electron chi connectivity index (χ3n) is 7.44. The summed E-state index contributed by atoms with van der Waals surface area (Å²) in [5.41, 5.74) is 3.24. The van der Waals surface area contributed by atoms with Crippen LogP contribution in [-0.4, -0.2) is 66.9 Å². The quantitative estimate of drug-likeness (QED) is 0.218. The largest absolute Gasteiger partial charge is 0.489 e. The van der Waals surface area contributed by atoms with Crippen molar-refractivity contribution in [3.05, 3.63) is 46.4 Å². The summed E-state index contributed by atoms with van der Waals surface area (Å²) in [6.07, 6.45) is 7.02. The first kappa shape index (κ1) is 30.1. The van der Waals surface area contributed by atoms with Crippen molar-refractivity contribution in [1.82, 2.24) is 20.2 Å². The van der Waals surface area contributed by atoms with E-state index in [0.717, 1.165) is 43.6 Å². The number of aryl methyl sites for hydroxylation is 1. The van der Waals surface area contributed by atoms with Crippen LogP contribution in [0.1, 0.15) is 63.0 Å². The molecule has 1 aromatic carbocycles. The number of nitrogens with one attached hydrogen (secondary N) is 4. The minimum absolute atomic E-state index is 0.0326. The summed E-state index contributed by atoms with van der Waals surface area (Å²) in [5, 5.41) is 16.6. The first-order valence-electron chi connectivity index (χ1n) is 13.8. The van der Waals surface area contributed by atoms with Crippen LogP contribution in [0.15, 0.2) is 30.2 Å². The molecule has 2 fully saturated rings. The Labute approximate surface area is 242 Å². The Balaban J connectivity index is 1.60. The van der Waals surface area contributed by atoms with Gasteiger partial charge in [0.25, 0.3) is 0 Å². The van der Waals surface area contributed by atoms with Crippen LogP contribution >= 0.6 is 11.6 Å². The van der Waals surface area contributed by atoms with Crippen molar-refractivity contribution in [3.63, 3.8) is 0 Å². The lowest BCUT2D eigenvalue weighted by Crippen LogP contribution is -2.36. The number of rotatable bonds is 10. The normalized spacial score (nSPS) is 17.4. The first-order chi connectivity index (χ1) is 19.0. The average molecular weight is 590 g/mol. The zero-order valence-electron chi connectivity index (χ0n) is 23.8. The minimum Gasteiger partial charge on any atom is -0.489 e. The highest BCUT2D eigenvalue weighted by Crippen LogP contribution is 2.38. The maximum Gasteiger partial charge on any atom is 0.229 e. The van der Waals surface area contributed by atoms with Crippen LogP contribution in [0.25, 0.3) is 0 Å². The van der Waals surface area contributed by atoms with Crippen molar-refractivity contribution in [2.45, 2.75) is 70.1 Å². The smallest absolute Gasteiger partial charge is 0.229 e. The highest BCUT2D eigenvalue weighted by molar-refractivity contribution is 8.07. The molecule has 1 aliphatic heterocycles. The molecule has 40 heavy (non-hydrogen) atoms. The number of likely N-dealkylation sites (tertiary alicyclic amines) is 1. The summed E-state index contributed by atoms with van der Waals surface area (Å²) in [6.45, 7) is 8.23. The van der Waals surface area contributed by atoms with Gasteiger partial charge in [-0.25, -0.2) is 13.4 Å². The van der Waals surface area contributed by atoms with E-state index in [1.165, 1.54) is 18.0 Å². The second-order valence-corrected chi connectivity index (χ2v) is 13.4. The summed E-state index contributed by atoms with van der Waals surface area (Å²) < 4.78 is 32.0. The van der Waals surface area contributed by atoms with E-state index in [2.05, 4.69) is 56.9 Å². The van der Waals surface area contributed by atoms with Crippen molar-refractivity contribution in [2.24, 2.45) is 0 Å². The Hall–Kier alpha value is -2.89. The van der Waals surface area contributed by atoms with Gasteiger partial charge in [0.15, 0.2) is 20.7 Å². The molecule has 0 bridgehead atoms. The molecule has 0 unspecified atom stereocenters. The number of halogens is 1. The number of aromatic nitrogens is 2. The van der Waals surface area contributed by atoms with E-state index < -0.39 is 20.1 Å². The summed E-state index contributed by atoms with van der Waals surface area (Å²) in [4.78, 5) is 11.2. The van der Waals surface area contributed by atoms with Crippen LogP contribution in [0.3, 0.4) is 0 Å². The number of ether oxygens (including phenoxy) is 1. The minimum atomic E-state index is -3.76. The summed E-state index contributed by atoms with van der Waals surface area (Å²) in [6, 6.07) is 4.19. The molecule has 4 N–H and O–H groups in total. The highest BCUT2D eigenvalue weighted by Gasteiger charge is 2.36. The lowest BCUT2D eigenvalue weighted by atomic mass is 9.86. The molecule has 2 heterocycles. The topological polar surface area (TPSA) is 132 Å². The number of hydrogen-bond acceptors (Lipinski definition) is 10. The van der Waals surface area contributed by atoms with Gasteiger partial charge in [0, 0.05) is 13.2 Å². The van der Waals surface area contributed by atoms with Gasteiger partial charge in [0.2, 0.25) is 5.95 Å². The average Bonchev–Trinajstić information content (AvgIpc) is 2.86. The fourth-order valence-electron chi connectivity index (χ4n) is 4.98. The van der Waals surface area contributed by atoms with Crippen molar-refractivity contribution in [1.29, 1.82) is 5.41 Å². The third-order valence-corrected chi connectivity index (χ3v) is 9.86. The molecule has 218 valence electrons. The molecular formula is C28H40ClN7O3S. The fraction of sp³-hybridized carbons (Fsp3) is 0.536. The van der Waals surface area contributed by atoms with Gasteiger partial charge in [-0.2, -0.15) is 4.98 Å². The predicted molar refractivity (Wildman–Crippen MR) is 162 cm³/mol. The second-order valence-electron chi connectivity index (χ2n) is 10.9. The van der Waals surface area contributed by atoms with E-state index in [9.17, 15) is 8.42 Å². The van der Waals surface area contributed by atoms with Gasteiger partial charge < -0.3 is 25.6 Å². The van der Waals surface area contributed by atoms with E-state index in [4.69, 9.17) is 21.7 Å². The Morgan fingerprint density at radius 2 is 1.93 bits per heavy atom. The molecule has 1 aliphatic carbocycles. The molecule has 12 heteroatoms. The van der Waals surface area contributed by atoms with Gasteiger partial charge in [-0.05, 0) is 95.8 Å². The second kappa shape index (κ2) is 12.7. The molecule has 0 spiro atoms. The van der Waals surface area contributed by atoms with Crippen LogP contribution in [-0.2, 0) is 9.84 Å². The summed E-state index contributed by atoms with van der Waals surface area (Å²) in [5.74, 6) is 1.63. The molecule has 1 saturated heterocycles. The molecule has 1 aromatic heterocycles. The van der Waals surface area contributed by atoms with Gasteiger partial charge in [-0.15, -0.1) is 0 Å². The predicted octanol–water partition coefficient (Wildman–Crippen LogP) is 5.20. The van der Waals surface area contributed by atoms with Gasteiger partial charge in [0.1, 0.15) is 10.8 Å². The van der Waals surface area contributed by atoms with Gasteiger partial charge in [-0.1, -0.05) is 18.0 Å². The number of piperidine rings is 1. The molecule has 10 nitrogen and oxygen atoms in total. The van der Waals surface area contributed by atoms with Crippen LogP contribution in [0.2, 0.25) is 5.02 Å². The number of benzene rings is 1. The third kappa shape index (κ3) is 6.87. The SMILES string of the molecule is CN/C=C(/Nc1nc(Nc2cc(C)c(C3CCN(C)CC3)cc2OC(C)C)ncc1Cl)C(=N)S(=O)(=O)C1CCC1. The van der Waals surface area contributed by atoms with Crippen LogP contribution < -0.4 is 20.7 Å². The van der Waals surface area contributed by atoms with E-state index in [-0.39, 0.29) is 28.6 Å². The summed E-state index contributed by atoms with van der Waals surface area (Å²) in [7, 11) is 0.0287. The lowest BCUT2D eigenvalue weighted by molar-refractivity contribution is 0.241. The molecule has 0 amide bonds. The first-order valence-corrected chi connectivity index (χ1v) is 15.7. The van der Waals surface area contributed by atoms with Crippen LogP contribution in [0.4, 0.5) is 17.5 Å². The number of hydrogen-bond donors (Lipinski definition) is 4. The Morgan fingerprint density at radius 1 is 1.23 bits per heavy atom. The van der Waals surface area contributed by atoms with Gasteiger partial charge in [0.05, 0.1) is 28.9 Å². The van der Waals surface area contributed by atoms with Crippen LogP contribution in [0, 0.1) is 12.3 Å². The fourth-order valence-corrected chi connectivity index (χ4v) is 6.82. The van der Waals surface area contributed by atoms with Gasteiger partial charge >= 0.3 is 0 Å². The highest BCUT2D eigenvalue weighted by atomic mass is 35.5. The standard InChI is InChI=1S/C28H40ClN7O3S/c1-17(2)39-25-14-21(19-9-11-36(5)12-10-19)18(3)13-23(25)34-28-32-15-22(29)27(35-28)33-24(16-31-4)26(30)40(37,38)20-7-6-8-20/h13-17,19-20,30-31H,6-12H2,1-5H3,(H2,32,33,34,35)/b24-16+,30-26?. The zero-order chi connectivity index (χ0) is 29.0. The number of nitrogens with zero attached hydrogens (tertiary/aromatic N) is 3. The Morgan fingerprint density at radius 3 is 2.52 bits per heavy atom. The Bertz CT molecular complexity index is 1370. The van der Waals surface area contributed by atoms with Crippen molar-refractivity contribution in [3.8, 4) is 5.75 Å². The van der Waals surface area contributed by atoms with E-state index in [0.29, 0.717) is 24.5 Å².